The average Bonchev–Trinajstić information content (AvgIpc) is 2.72. The Hall–Kier alpha value is -2.92. The van der Waals surface area contributed by atoms with Crippen molar-refractivity contribution >= 4 is 17.5 Å². The van der Waals surface area contributed by atoms with E-state index in [2.05, 4.69) is 10.3 Å². The fraction of sp³-hybridized carbons (Fsp3) is 0.182. The number of amides is 1. The lowest BCUT2D eigenvalue weighted by molar-refractivity contribution is 0.0950. The molecule has 0 fully saturated rings. The summed E-state index contributed by atoms with van der Waals surface area (Å²) in [6.45, 7) is 2.05. The summed E-state index contributed by atoms with van der Waals surface area (Å²) >= 11 is 6.03. The smallest absolute Gasteiger partial charge is 0.251 e. The van der Waals surface area contributed by atoms with E-state index in [4.69, 9.17) is 16.3 Å². The highest BCUT2D eigenvalue weighted by Crippen LogP contribution is 2.43. The summed E-state index contributed by atoms with van der Waals surface area (Å²) in [5.74, 6) is 0.00801. The number of aromatic nitrogens is 1. The number of carbonyl (C=O) groups is 1. The van der Waals surface area contributed by atoms with Crippen LogP contribution in [-0.4, -0.2) is 10.9 Å². The van der Waals surface area contributed by atoms with Gasteiger partial charge in [-0.1, -0.05) is 30.7 Å². The van der Waals surface area contributed by atoms with Crippen LogP contribution in [0, 0.1) is 5.82 Å². The summed E-state index contributed by atoms with van der Waals surface area (Å²) in [5.41, 5.74) is 3.71. The van der Waals surface area contributed by atoms with Crippen molar-refractivity contribution < 1.29 is 13.9 Å². The molecule has 0 spiro atoms. The van der Waals surface area contributed by atoms with E-state index in [1.165, 1.54) is 12.1 Å². The maximum Gasteiger partial charge on any atom is 0.251 e. The Labute approximate surface area is 167 Å². The maximum absolute atomic E-state index is 13.9. The standard InChI is InChI=1S/C22H18ClFN2O2/c1-2-20-16-10-13(6-7-14(16)15-8-9-25-12-21(15)28-20)22(27)26-11-17-18(23)4-3-5-19(17)24/h3-10,12,20H,2,11H2,1H3,(H,26,27). The van der Waals surface area contributed by atoms with Gasteiger partial charge in [0.25, 0.3) is 5.91 Å². The Morgan fingerprint density at radius 1 is 1.25 bits per heavy atom. The Morgan fingerprint density at radius 3 is 2.89 bits per heavy atom. The van der Waals surface area contributed by atoms with Gasteiger partial charge in [0, 0.05) is 40.0 Å². The van der Waals surface area contributed by atoms with E-state index in [1.807, 2.05) is 25.1 Å². The second-order valence-corrected chi connectivity index (χ2v) is 6.98. The molecule has 1 amide bonds. The quantitative estimate of drug-likeness (QED) is 0.649. The first-order valence-electron chi connectivity index (χ1n) is 9.04. The van der Waals surface area contributed by atoms with Gasteiger partial charge in [0.1, 0.15) is 17.7 Å². The van der Waals surface area contributed by atoms with Crippen LogP contribution in [0.2, 0.25) is 5.02 Å². The second kappa shape index (κ2) is 7.60. The Balaban J connectivity index is 1.61. The summed E-state index contributed by atoms with van der Waals surface area (Å²) in [7, 11) is 0. The second-order valence-electron chi connectivity index (χ2n) is 6.57. The topological polar surface area (TPSA) is 51.2 Å². The van der Waals surface area contributed by atoms with Gasteiger partial charge >= 0.3 is 0 Å². The molecule has 2 aromatic carbocycles. The zero-order valence-electron chi connectivity index (χ0n) is 15.2. The van der Waals surface area contributed by atoms with Crippen LogP contribution in [0.3, 0.4) is 0 Å². The van der Waals surface area contributed by atoms with Crippen LogP contribution in [-0.2, 0) is 6.54 Å². The van der Waals surface area contributed by atoms with Crippen molar-refractivity contribution in [3.63, 3.8) is 0 Å². The molecule has 0 saturated heterocycles. The predicted octanol–water partition coefficient (Wildman–Crippen LogP) is 5.31. The van der Waals surface area contributed by atoms with Crippen molar-refractivity contribution in [2.24, 2.45) is 0 Å². The third-order valence-corrected chi connectivity index (χ3v) is 5.22. The first kappa shape index (κ1) is 18.4. The molecule has 0 bridgehead atoms. The lowest BCUT2D eigenvalue weighted by Gasteiger charge is -2.28. The molecule has 142 valence electrons. The SMILES string of the molecule is CCC1Oc2cnccc2-c2ccc(C(=O)NCc3c(F)cccc3Cl)cc21. The molecule has 1 aliphatic rings. The third-order valence-electron chi connectivity index (χ3n) is 4.86. The van der Waals surface area contributed by atoms with Crippen LogP contribution in [0.15, 0.2) is 54.9 Å². The van der Waals surface area contributed by atoms with Crippen LogP contribution in [0.25, 0.3) is 11.1 Å². The minimum absolute atomic E-state index is 0.0175. The number of carbonyl (C=O) groups excluding carboxylic acids is 1. The minimum Gasteiger partial charge on any atom is -0.483 e. The van der Waals surface area contributed by atoms with Crippen molar-refractivity contribution in [3.8, 4) is 16.9 Å². The van der Waals surface area contributed by atoms with Crippen molar-refractivity contribution in [2.75, 3.05) is 0 Å². The highest BCUT2D eigenvalue weighted by molar-refractivity contribution is 6.31. The summed E-state index contributed by atoms with van der Waals surface area (Å²) in [6.07, 6.45) is 4.04. The average molecular weight is 397 g/mol. The van der Waals surface area contributed by atoms with Crippen molar-refractivity contribution in [3.05, 3.63) is 82.4 Å². The van der Waals surface area contributed by atoms with Gasteiger partial charge in [-0.15, -0.1) is 0 Å². The zero-order valence-corrected chi connectivity index (χ0v) is 16.0. The van der Waals surface area contributed by atoms with E-state index in [9.17, 15) is 9.18 Å². The molecule has 4 nitrogen and oxygen atoms in total. The Kier molecular flexibility index (Phi) is 5.01. The van der Waals surface area contributed by atoms with Gasteiger partial charge in [0.05, 0.1) is 6.20 Å². The normalized spacial score (nSPS) is 14.6. The largest absolute Gasteiger partial charge is 0.483 e. The summed E-state index contributed by atoms with van der Waals surface area (Å²) in [6, 6.07) is 11.9. The van der Waals surface area contributed by atoms with Crippen LogP contribution >= 0.6 is 11.6 Å². The first-order chi connectivity index (χ1) is 13.6. The predicted molar refractivity (Wildman–Crippen MR) is 106 cm³/mol. The number of rotatable bonds is 4. The highest BCUT2D eigenvalue weighted by Gasteiger charge is 2.26. The Morgan fingerprint density at radius 2 is 2.11 bits per heavy atom. The van der Waals surface area contributed by atoms with E-state index >= 15 is 0 Å². The number of halogens is 2. The van der Waals surface area contributed by atoms with Gasteiger partial charge in [-0.3, -0.25) is 9.78 Å². The first-order valence-corrected chi connectivity index (χ1v) is 9.42. The van der Waals surface area contributed by atoms with Crippen molar-refractivity contribution in [1.82, 2.24) is 10.3 Å². The molecule has 2 heterocycles. The van der Waals surface area contributed by atoms with E-state index in [-0.39, 0.29) is 29.1 Å². The summed E-state index contributed by atoms with van der Waals surface area (Å²) in [5, 5.41) is 3.03. The highest BCUT2D eigenvalue weighted by atomic mass is 35.5. The lowest BCUT2D eigenvalue weighted by atomic mass is 9.91. The van der Waals surface area contributed by atoms with E-state index in [0.29, 0.717) is 5.56 Å². The third kappa shape index (κ3) is 3.34. The van der Waals surface area contributed by atoms with E-state index < -0.39 is 5.82 Å². The number of pyridine rings is 1. The Bertz CT molecular complexity index is 1030. The fourth-order valence-corrected chi connectivity index (χ4v) is 3.63. The molecule has 28 heavy (non-hydrogen) atoms. The van der Waals surface area contributed by atoms with E-state index in [0.717, 1.165) is 28.9 Å². The number of nitrogens with one attached hydrogen (secondary N) is 1. The molecular formula is C22H18ClFN2O2. The molecule has 1 aromatic heterocycles. The number of hydrogen-bond acceptors (Lipinski definition) is 3. The number of hydrogen-bond donors (Lipinski definition) is 1. The number of nitrogens with zero attached hydrogens (tertiary/aromatic N) is 1. The van der Waals surface area contributed by atoms with Crippen molar-refractivity contribution in [1.29, 1.82) is 0 Å². The molecule has 0 saturated carbocycles. The van der Waals surface area contributed by atoms with Crippen LogP contribution in [0.4, 0.5) is 4.39 Å². The number of benzene rings is 2. The van der Waals surface area contributed by atoms with Gasteiger partial charge in [-0.2, -0.15) is 0 Å². The van der Waals surface area contributed by atoms with Gasteiger partial charge in [-0.05, 0) is 42.3 Å². The fourth-order valence-electron chi connectivity index (χ4n) is 3.40. The van der Waals surface area contributed by atoms with Crippen LogP contribution < -0.4 is 10.1 Å². The van der Waals surface area contributed by atoms with Gasteiger partial charge in [0.2, 0.25) is 0 Å². The molecule has 0 radical (unpaired) electrons. The lowest BCUT2D eigenvalue weighted by Crippen LogP contribution is -2.24. The zero-order chi connectivity index (χ0) is 19.7. The van der Waals surface area contributed by atoms with Gasteiger partial charge in [0.15, 0.2) is 0 Å². The van der Waals surface area contributed by atoms with E-state index in [1.54, 1.807) is 24.5 Å². The minimum atomic E-state index is -0.442. The molecular weight excluding hydrogens is 379 g/mol. The molecule has 1 atom stereocenters. The van der Waals surface area contributed by atoms with Gasteiger partial charge < -0.3 is 10.1 Å². The summed E-state index contributed by atoms with van der Waals surface area (Å²) in [4.78, 5) is 16.8. The van der Waals surface area contributed by atoms with Crippen LogP contribution in [0.5, 0.6) is 5.75 Å². The molecule has 4 rings (SSSR count). The molecule has 6 heteroatoms. The molecule has 1 unspecified atom stereocenters. The van der Waals surface area contributed by atoms with Crippen LogP contribution in [0.1, 0.15) is 40.9 Å². The van der Waals surface area contributed by atoms with Gasteiger partial charge in [-0.25, -0.2) is 4.39 Å². The molecule has 3 aromatic rings. The monoisotopic (exact) mass is 396 g/mol. The summed E-state index contributed by atoms with van der Waals surface area (Å²) < 4.78 is 20.0. The van der Waals surface area contributed by atoms with Crippen molar-refractivity contribution in [2.45, 2.75) is 26.0 Å². The molecule has 1 N–H and O–H groups in total. The molecule has 1 aliphatic heterocycles. The number of fused-ring (bicyclic) bond motifs is 3. The molecule has 0 aliphatic carbocycles. The maximum atomic E-state index is 13.9. The number of ether oxygens (including phenoxy) is 1.